The molecular formula is C11H15BrN2. The average molecular weight is 255 g/mol. The van der Waals surface area contributed by atoms with Gasteiger partial charge in [-0.3, -0.25) is 0 Å². The van der Waals surface area contributed by atoms with Gasteiger partial charge in [-0.05, 0) is 40.4 Å². The number of nitrogens with zero attached hydrogens (tertiary/aromatic N) is 1. The number of aromatic nitrogens is 1. The summed E-state index contributed by atoms with van der Waals surface area (Å²) in [6.45, 7) is 1.04. The van der Waals surface area contributed by atoms with E-state index >= 15 is 0 Å². The first-order valence-corrected chi connectivity index (χ1v) is 6.00. The molecule has 0 atom stereocenters. The Hall–Kier alpha value is -0.570. The standard InChI is InChI=1S/C11H15BrN2/c12-10-5-2-7-13-11(10)14-8-6-9-3-1-4-9/h2,5,7,9H,1,3-4,6,8H2,(H,13,14). The van der Waals surface area contributed by atoms with Crippen LogP contribution in [0.3, 0.4) is 0 Å². The van der Waals surface area contributed by atoms with Gasteiger partial charge in [-0.25, -0.2) is 4.98 Å². The lowest BCUT2D eigenvalue weighted by atomic mass is 9.83. The summed E-state index contributed by atoms with van der Waals surface area (Å²) in [5.41, 5.74) is 0. The van der Waals surface area contributed by atoms with Crippen molar-refractivity contribution < 1.29 is 0 Å². The summed E-state index contributed by atoms with van der Waals surface area (Å²) in [6.07, 6.45) is 7.37. The van der Waals surface area contributed by atoms with Crippen molar-refractivity contribution in [3.05, 3.63) is 22.8 Å². The minimum absolute atomic E-state index is 0.963. The van der Waals surface area contributed by atoms with Crippen LogP contribution in [0.5, 0.6) is 0 Å². The maximum Gasteiger partial charge on any atom is 0.140 e. The highest BCUT2D eigenvalue weighted by Gasteiger charge is 2.16. The molecule has 2 rings (SSSR count). The molecule has 0 amide bonds. The van der Waals surface area contributed by atoms with Crippen LogP contribution in [0.25, 0.3) is 0 Å². The lowest BCUT2D eigenvalue weighted by molar-refractivity contribution is 0.303. The van der Waals surface area contributed by atoms with Gasteiger partial charge in [0, 0.05) is 12.7 Å². The van der Waals surface area contributed by atoms with Crippen molar-refractivity contribution in [3.63, 3.8) is 0 Å². The predicted molar refractivity (Wildman–Crippen MR) is 62.4 cm³/mol. The van der Waals surface area contributed by atoms with Crippen LogP contribution in [0.4, 0.5) is 5.82 Å². The molecule has 0 unspecified atom stereocenters. The Kier molecular flexibility index (Phi) is 3.40. The predicted octanol–water partition coefficient (Wildman–Crippen LogP) is 3.45. The Morgan fingerprint density at radius 1 is 1.50 bits per heavy atom. The van der Waals surface area contributed by atoms with Crippen LogP contribution in [0, 0.1) is 5.92 Å². The van der Waals surface area contributed by atoms with E-state index in [4.69, 9.17) is 0 Å². The van der Waals surface area contributed by atoms with E-state index in [1.54, 1.807) is 0 Å². The topological polar surface area (TPSA) is 24.9 Å². The molecule has 14 heavy (non-hydrogen) atoms. The van der Waals surface area contributed by atoms with Crippen molar-refractivity contribution >= 4 is 21.7 Å². The van der Waals surface area contributed by atoms with E-state index in [0.29, 0.717) is 0 Å². The van der Waals surface area contributed by atoms with Crippen molar-refractivity contribution in [2.75, 3.05) is 11.9 Å². The van der Waals surface area contributed by atoms with Gasteiger partial charge in [-0.15, -0.1) is 0 Å². The molecule has 0 spiro atoms. The van der Waals surface area contributed by atoms with Crippen LogP contribution < -0.4 is 5.32 Å². The van der Waals surface area contributed by atoms with E-state index < -0.39 is 0 Å². The van der Waals surface area contributed by atoms with E-state index in [1.165, 1.54) is 25.7 Å². The average Bonchev–Trinajstić information content (AvgIpc) is 2.12. The molecule has 0 bridgehead atoms. The summed E-state index contributed by atoms with van der Waals surface area (Å²) >= 11 is 3.47. The van der Waals surface area contributed by atoms with E-state index in [-0.39, 0.29) is 0 Å². The smallest absolute Gasteiger partial charge is 0.140 e. The Morgan fingerprint density at radius 3 is 3.00 bits per heavy atom. The number of rotatable bonds is 4. The third-order valence-corrected chi connectivity index (χ3v) is 3.47. The van der Waals surface area contributed by atoms with Crippen LogP contribution in [-0.4, -0.2) is 11.5 Å². The van der Waals surface area contributed by atoms with Crippen LogP contribution >= 0.6 is 15.9 Å². The molecule has 1 N–H and O–H groups in total. The van der Waals surface area contributed by atoms with E-state index in [2.05, 4.69) is 26.2 Å². The van der Waals surface area contributed by atoms with Crippen LogP contribution in [-0.2, 0) is 0 Å². The van der Waals surface area contributed by atoms with Gasteiger partial charge in [0.15, 0.2) is 0 Å². The van der Waals surface area contributed by atoms with Gasteiger partial charge in [0.2, 0.25) is 0 Å². The molecule has 1 aliphatic carbocycles. The normalized spacial score (nSPS) is 16.4. The summed E-state index contributed by atoms with van der Waals surface area (Å²) < 4.78 is 1.05. The molecule has 1 fully saturated rings. The molecule has 1 heterocycles. The molecule has 1 aromatic heterocycles. The van der Waals surface area contributed by atoms with Gasteiger partial charge in [0.1, 0.15) is 5.82 Å². The molecular weight excluding hydrogens is 240 g/mol. The monoisotopic (exact) mass is 254 g/mol. The van der Waals surface area contributed by atoms with Gasteiger partial charge in [0.05, 0.1) is 4.47 Å². The molecule has 0 radical (unpaired) electrons. The first-order valence-electron chi connectivity index (χ1n) is 5.20. The minimum Gasteiger partial charge on any atom is -0.369 e. The van der Waals surface area contributed by atoms with Gasteiger partial charge in [-0.1, -0.05) is 19.3 Å². The van der Waals surface area contributed by atoms with E-state index in [0.717, 1.165) is 22.8 Å². The second-order valence-corrected chi connectivity index (χ2v) is 4.70. The zero-order valence-electron chi connectivity index (χ0n) is 8.17. The molecule has 0 saturated heterocycles. The highest BCUT2D eigenvalue weighted by Crippen LogP contribution is 2.29. The zero-order valence-corrected chi connectivity index (χ0v) is 9.76. The molecule has 2 nitrogen and oxygen atoms in total. The third kappa shape index (κ3) is 2.47. The Labute approximate surface area is 93.3 Å². The van der Waals surface area contributed by atoms with Crippen LogP contribution in [0.1, 0.15) is 25.7 Å². The Morgan fingerprint density at radius 2 is 2.36 bits per heavy atom. The first kappa shape index (κ1) is 9.97. The van der Waals surface area contributed by atoms with Gasteiger partial charge < -0.3 is 5.32 Å². The summed E-state index contributed by atoms with van der Waals surface area (Å²) in [7, 11) is 0. The fraction of sp³-hybridized carbons (Fsp3) is 0.545. The maximum atomic E-state index is 4.26. The van der Waals surface area contributed by atoms with E-state index in [9.17, 15) is 0 Å². The quantitative estimate of drug-likeness (QED) is 0.891. The summed E-state index contributed by atoms with van der Waals surface area (Å²) in [6, 6.07) is 3.94. The second kappa shape index (κ2) is 4.78. The molecule has 1 saturated carbocycles. The molecule has 3 heteroatoms. The third-order valence-electron chi connectivity index (χ3n) is 2.83. The number of anilines is 1. The Balaban J connectivity index is 1.76. The van der Waals surface area contributed by atoms with Gasteiger partial charge in [-0.2, -0.15) is 0 Å². The molecule has 0 aromatic carbocycles. The second-order valence-electron chi connectivity index (χ2n) is 3.85. The maximum absolute atomic E-state index is 4.26. The minimum atomic E-state index is 0.963. The lowest BCUT2D eigenvalue weighted by Crippen LogP contribution is -2.16. The molecule has 1 aromatic rings. The fourth-order valence-corrected chi connectivity index (χ4v) is 2.09. The SMILES string of the molecule is Brc1cccnc1NCCC1CCC1. The number of hydrogen-bond donors (Lipinski definition) is 1. The van der Waals surface area contributed by atoms with Crippen molar-refractivity contribution in [2.45, 2.75) is 25.7 Å². The lowest BCUT2D eigenvalue weighted by Gasteiger charge is -2.25. The molecule has 76 valence electrons. The zero-order chi connectivity index (χ0) is 9.80. The largest absolute Gasteiger partial charge is 0.369 e. The number of hydrogen-bond acceptors (Lipinski definition) is 2. The fourth-order valence-electron chi connectivity index (χ4n) is 1.69. The van der Waals surface area contributed by atoms with Crippen molar-refractivity contribution in [3.8, 4) is 0 Å². The molecule has 0 aliphatic heterocycles. The van der Waals surface area contributed by atoms with Crippen LogP contribution in [0.2, 0.25) is 0 Å². The highest BCUT2D eigenvalue weighted by atomic mass is 79.9. The highest BCUT2D eigenvalue weighted by molar-refractivity contribution is 9.10. The first-order chi connectivity index (χ1) is 6.86. The van der Waals surface area contributed by atoms with Crippen molar-refractivity contribution in [1.29, 1.82) is 0 Å². The van der Waals surface area contributed by atoms with Crippen molar-refractivity contribution in [1.82, 2.24) is 4.98 Å². The Bertz CT molecular complexity index is 297. The summed E-state index contributed by atoms with van der Waals surface area (Å²) in [5.74, 6) is 1.93. The summed E-state index contributed by atoms with van der Waals surface area (Å²) in [4.78, 5) is 4.26. The van der Waals surface area contributed by atoms with E-state index in [1.807, 2.05) is 18.3 Å². The molecule has 1 aliphatic rings. The van der Waals surface area contributed by atoms with Crippen LogP contribution in [0.15, 0.2) is 22.8 Å². The number of pyridine rings is 1. The van der Waals surface area contributed by atoms with Gasteiger partial charge in [0.25, 0.3) is 0 Å². The summed E-state index contributed by atoms with van der Waals surface area (Å²) in [5, 5.41) is 3.35. The van der Waals surface area contributed by atoms with Gasteiger partial charge >= 0.3 is 0 Å². The number of nitrogens with one attached hydrogen (secondary N) is 1. The van der Waals surface area contributed by atoms with Crippen molar-refractivity contribution in [2.24, 2.45) is 5.92 Å². The number of halogens is 1.